The van der Waals surface area contributed by atoms with Gasteiger partial charge in [-0.2, -0.15) is 0 Å². The molecule has 0 aliphatic heterocycles. The predicted molar refractivity (Wildman–Crippen MR) is 87.4 cm³/mol. The van der Waals surface area contributed by atoms with Crippen LogP contribution in [0, 0.1) is 0 Å². The van der Waals surface area contributed by atoms with Crippen LogP contribution in [-0.2, 0) is 0 Å². The van der Waals surface area contributed by atoms with Crippen molar-refractivity contribution in [3.05, 3.63) is 0 Å². The van der Waals surface area contributed by atoms with Gasteiger partial charge in [-0.25, -0.2) is 11.5 Å². The molecule has 0 heterocycles. The Morgan fingerprint density at radius 1 is 0.533 bits per heavy atom. The fourth-order valence-electron chi connectivity index (χ4n) is 0. The molecule has 89 valence electrons. The Labute approximate surface area is 121 Å². The molecule has 0 aliphatic carbocycles. The van der Waals surface area contributed by atoms with Crippen molar-refractivity contribution in [1.82, 2.24) is 0 Å². The summed E-state index contributed by atoms with van der Waals surface area (Å²) in [4.78, 5) is 0. The van der Waals surface area contributed by atoms with Crippen LogP contribution in [0.3, 0.4) is 0 Å². The Bertz CT molecular complexity index is 53.8. The van der Waals surface area contributed by atoms with Gasteiger partial charge in [0.05, 0.1) is 0 Å². The number of rotatable bonds is 0. The van der Waals surface area contributed by atoms with Crippen LogP contribution in [0.25, 0.3) is 0 Å². The molecule has 0 N–H and O–H groups in total. The van der Waals surface area contributed by atoms with Crippen LogP contribution in [0.1, 0.15) is 0 Å². The second-order valence-corrected chi connectivity index (χ2v) is 13.5. The van der Waals surface area contributed by atoms with E-state index in [1.54, 1.807) is 0 Å². The van der Waals surface area contributed by atoms with Gasteiger partial charge >= 0.3 is 0 Å². The first kappa shape index (κ1) is 30.0. The SMILES string of the molecule is C[Si](C)C.C[Si](C)C.C[Si](C)C.[B]Cl.[Ge]. The second kappa shape index (κ2) is 29.6. The zero-order valence-corrected chi connectivity index (χ0v) is 17.8. The third-order valence-electron chi connectivity index (χ3n) is 0. The van der Waals surface area contributed by atoms with Crippen LogP contribution in [0.4, 0.5) is 0 Å². The fraction of sp³-hybridized carbons (Fsp3) is 1.00. The maximum absolute atomic E-state index is 4.14. The molecule has 0 bridgehead atoms. The van der Waals surface area contributed by atoms with Gasteiger partial charge in [-0.05, 0) is 0 Å². The van der Waals surface area contributed by atoms with E-state index in [9.17, 15) is 0 Å². The number of halogens is 1. The molecule has 0 saturated carbocycles. The van der Waals surface area contributed by atoms with Gasteiger partial charge in [0.1, 0.15) is 0 Å². The van der Waals surface area contributed by atoms with Crippen molar-refractivity contribution in [1.29, 1.82) is 0 Å². The van der Waals surface area contributed by atoms with E-state index in [4.69, 9.17) is 0 Å². The summed E-state index contributed by atoms with van der Waals surface area (Å²) in [7, 11) is 4.33. The van der Waals surface area contributed by atoms with Gasteiger partial charge in [0, 0.05) is 44.0 Å². The first-order valence-corrected chi connectivity index (χ1v) is 14.2. The Morgan fingerprint density at radius 2 is 0.533 bits per heavy atom. The van der Waals surface area contributed by atoms with Crippen molar-refractivity contribution in [2.45, 2.75) is 58.9 Å². The van der Waals surface area contributed by atoms with Gasteiger partial charge in [0.15, 0.2) is 0 Å². The van der Waals surface area contributed by atoms with Gasteiger partial charge in [-0.3, -0.25) is 0 Å². The second-order valence-electron chi connectivity index (χ2n) is 4.50. The first-order valence-electron chi connectivity index (χ1n) is 4.72. The molecule has 0 aromatic carbocycles. The summed E-state index contributed by atoms with van der Waals surface area (Å²) in [6, 6.07) is 0. The summed E-state index contributed by atoms with van der Waals surface area (Å²) >= 11 is 4.14. The predicted octanol–water partition coefficient (Wildman–Crippen LogP) is 4.04. The van der Waals surface area contributed by atoms with Gasteiger partial charge < -0.3 is 0 Å². The molecule has 0 aliphatic rings. The molecule has 0 unspecified atom stereocenters. The molecule has 0 aromatic heterocycles. The molecular weight excluding hydrogens is 311 g/mol. The van der Waals surface area contributed by atoms with Crippen molar-refractivity contribution < 1.29 is 0 Å². The van der Waals surface area contributed by atoms with E-state index >= 15 is 0 Å². The monoisotopic (exact) mass is 339 g/mol. The van der Waals surface area contributed by atoms with Crippen LogP contribution < -0.4 is 0 Å². The van der Waals surface area contributed by atoms with Crippen LogP contribution in [-0.4, -0.2) is 51.2 Å². The first-order chi connectivity index (χ1) is 6.20. The van der Waals surface area contributed by atoms with E-state index in [0.717, 1.165) is 0 Å². The standard InChI is InChI=1S/3C3H9Si.BCl.Ge/c3*1-4(2)3;1-2;/h3*1-3H3;;. The minimum atomic E-state index is 0. The summed E-state index contributed by atoms with van der Waals surface area (Å²) < 4.78 is 0. The minimum absolute atomic E-state index is 0. The molecule has 0 rings (SSSR count). The van der Waals surface area contributed by atoms with E-state index in [1.807, 2.05) is 0 Å². The quantitative estimate of drug-likeness (QED) is 0.585. The molecule has 6 heteroatoms. The average molecular weight is 338 g/mol. The Kier molecular flexibility index (Phi) is 59.1. The summed E-state index contributed by atoms with van der Waals surface area (Å²) in [6.07, 6.45) is 0. The Morgan fingerprint density at radius 3 is 0.533 bits per heavy atom. The zero-order chi connectivity index (χ0) is 12.7. The maximum Gasteiger partial charge on any atom is 0.214 e. The third kappa shape index (κ3) is 1190. The van der Waals surface area contributed by atoms with E-state index in [2.05, 4.69) is 77.6 Å². The Balaban J connectivity index is -0.0000000298. The van der Waals surface area contributed by atoms with E-state index in [-0.39, 0.29) is 44.0 Å². The molecule has 0 atom stereocenters. The van der Waals surface area contributed by atoms with Crippen molar-refractivity contribution >= 4 is 62.7 Å². The van der Waals surface area contributed by atoms with Crippen LogP contribution in [0.15, 0.2) is 0 Å². The normalized spacial score (nSPS) is 7.53. The molecule has 0 amide bonds. The molecule has 0 spiro atoms. The van der Waals surface area contributed by atoms with Gasteiger partial charge in [-0.15, -0.1) is 0 Å². The third-order valence-corrected chi connectivity index (χ3v) is 0. The molecule has 0 saturated heterocycles. The van der Waals surface area contributed by atoms with Gasteiger partial charge in [0.2, 0.25) is 7.26 Å². The summed E-state index contributed by atoms with van der Waals surface area (Å²) in [5, 5.41) is 0. The number of hydrogen-bond acceptors (Lipinski definition) is 0. The van der Waals surface area contributed by atoms with E-state index < -0.39 is 0 Å². The van der Waals surface area contributed by atoms with Crippen LogP contribution >= 0.6 is 11.5 Å². The zero-order valence-electron chi connectivity index (χ0n) is 12.0. The van der Waals surface area contributed by atoms with Crippen molar-refractivity contribution in [3.8, 4) is 0 Å². The summed E-state index contributed by atoms with van der Waals surface area (Å²) in [6.45, 7) is 20.4. The molecular formula is C9H27BClGeSi3. The van der Waals surface area contributed by atoms with Crippen LogP contribution in [0.5, 0.6) is 0 Å². The summed E-state index contributed by atoms with van der Waals surface area (Å²) in [5.74, 6) is 0. The number of hydrogen-bond donors (Lipinski definition) is 0. The summed E-state index contributed by atoms with van der Waals surface area (Å²) in [5.41, 5.74) is 0. The van der Waals surface area contributed by atoms with Crippen molar-refractivity contribution in [2.24, 2.45) is 0 Å². The molecule has 9 radical (unpaired) electrons. The van der Waals surface area contributed by atoms with Gasteiger partial charge in [0.25, 0.3) is 0 Å². The van der Waals surface area contributed by atoms with E-state index in [1.165, 1.54) is 0 Å². The topological polar surface area (TPSA) is 0 Å². The minimum Gasteiger partial charge on any atom is -0.214 e. The van der Waals surface area contributed by atoms with Gasteiger partial charge in [-0.1, -0.05) is 58.9 Å². The molecule has 0 aromatic rings. The smallest absolute Gasteiger partial charge is 0.214 e. The van der Waals surface area contributed by atoms with Crippen molar-refractivity contribution in [2.75, 3.05) is 0 Å². The molecule has 0 nitrogen and oxygen atoms in total. The average Bonchev–Trinajstić information content (AvgIpc) is 1.86. The maximum atomic E-state index is 4.14. The fourth-order valence-corrected chi connectivity index (χ4v) is 0. The molecule has 15 heavy (non-hydrogen) atoms. The van der Waals surface area contributed by atoms with Crippen LogP contribution in [0.2, 0.25) is 58.9 Å². The molecule has 0 fully saturated rings. The largest absolute Gasteiger partial charge is 0.214 e. The van der Waals surface area contributed by atoms with E-state index in [0.29, 0.717) is 0 Å². The van der Waals surface area contributed by atoms with Crippen molar-refractivity contribution in [3.63, 3.8) is 0 Å². The Hall–Kier alpha value is 1.55.